The molecule has 1 aliphatic heterocycles. The van der Waals surface area contributed by atoms with E-state index in [1.807, 2.05) is 12.4 Å². The Balaban J connectivity index is 1.91. The first-order valence-electron chi connectivity index (χ1n) is 7.51. The van der Waals surface area contributed by atoms with Crippen LogP contribution in [0, 0.1) is 6.92 Å². The molecule has 2 nitrogen and oxygen atoms in total. The molecular formula is C18H22N2. The van der Waals surface area contributed by atoms with E-state index in [9.17, 15) is 0 Å². The van der Waals surface area contributed by atoms with E-state index < -0.39 is 0 Å². The van der Waals surface area contributed by atoms with Gasteiger partial charge in [0.15, 0.2) is 0 Å². The van der Waals surface area contributed by atoms with Crippen molar-refractivity contribution < 1.29 is 0 Å². The van der Waals surface area contributed by atoms with Crippen LogP contribution in [0.1, 0.15) is 36.9 Å². The van der Waals surface area contributed by atoms with Gasteiger partial charge in [-0.25, -0.2) is 0 Å². The van der Waals surface area contributed by atoms with Crippen molar-refractivity contribution in [3.8, 4) is 11.1 Å². The number of benzene rings is 1. The van der Waals surface area contributed by atoms with E-state index in [0.29, 0.717) is 6.04 Å². The molecule has 1 fully saturated rings. The van der Waals surface area contributed by atoms with Crippen molar-refractivity contribution >= 4 is 0 Å². The Kier molecular flexibility index (Phi) is 3.83. The van der Waals surface area contributed by atoms with Gasteiger partial charge in [0.05, 0.1) is 0 Å². The Bertz CT molecular complexity index is 585. The number of nitrogens with zero attached hydrogens (tertiary/aromatic N) is 2. The van der Waals surface area contributed by atoms with Crippen molar-refractivity contribution in [2.45, 2.75) is 32.7 Å². The molecule has 1 atom stereocenters. The number of pyridine rings is 1. The van der Waals surface area contributed by atoms with Crippen molar-refractivity contribution in [3.05, 3.63) is 53.9 Å². The van der Waals surface area contributed by atoms with E-state index in [2.05, 4.69) is 54.1 Å². The molecule has 1 unspecified atom stereocenters. The van der Waals surface area contributed by atoms with Gasteiger partial charge in [0.25, 0.3) is 0 Å². The fraction of sp³-hybridized carbons (Fsp3) is 0.389. The first-order chi connectivity index (χ1) is 9.75. The maximum absolute atomic E-state index is 4.18. The average Bonchev–Trinajstić information content (AvgIpc) is 3.01. The second kappa shape index (κ2) is 5.76. The van der Waals surface area contributed by atoms with E-state index in [1.165, 1.54) is 48.2 Å². The molecule has 0 amide bonds. The predicted molar refractivity (Wildman–Crippen MR) is 83.6 cm³/mol. The minimum Gasteiger partial charge on any atom is -0.297 e. The first-order valence-corrected chi connectivity index (χ1v) is 7.51. The molecule has 1 aromatic carbocycles. The molecule has 0 spiro atoms. The Hall–Kier alpha value is -1.67. The standard InChI is InChI=1S/C18H22N2/c1-14-13-19-9-8-18(14)17-7-5-6-16(12-17)15(2)20-10-3-4-11-20/h5-9,12-13,15H,3-4,10-11H2,1-2H3. The van der Waals surface area contributed by atoms with Crippen LogP contribution in [0.15, 0.2) is 42.7 Å². The molecule has 0 aliphatic carbocycles. The van der Waals surface area contributed by atoms with Crippen molar-refractivity contribution in [2.75, 3.05) is 13.1 Å². The van der Waals surface area contributed by atoms with E-state index in [4.69, 9.17) is 0 Å². The minimum atomic E-state index is 0.514. The summed E-state index contributed by atoms with van der Waals surface area (Å²) in [4.78, 5) is 6.76. The fourth-order valence-corrected chi connectivity index (χ4v) is 3.10. The van der Waals surface area contributed by atoms with Crippen LogP contribution >= 0.6 is 0 Å². The van der Waals surface area contributed by atoms with E-state index >= 15 is 0 Å². The predicted octanol–water partition coefficient (Wildman–Crippen LogP) is 4.21. The molecular weight excluding hydrogens is 244 g/mol. The lowest BCUT2D eigenvalue weighted by Crippen LogP contribution is -2.23. The summed E-state index contributed by atoms with van der Waals surface area (Å²) < 4.78 is 0. The number of likely N-dealkylation sites (tertiary alicyclic amines) is 1. The molecule has 1 aromatic heterocycles. The lowest BCUT2D eigenvalue weighted by Gasteiger charge is -2.24. The zero-order valence-corrected chi connectivity index (χ0v) is 12.3. The number of hydrogen-bond acceptors (Lipinski definition) is 2. The molecule has 0 saturated carbocycles. The lowest BCUT2D eigenvalue weighted by molar-refractivity contribution is 0.263. The zero-order valence-electron chi connectivity index (χ0n) is 12.3. The van der Waals surface area contributed by atoms with Gasteiger partial charge in [0.2, 0.25) is 0 Å². The van der Waals surface area contributed by atoms with Gasteiger partial charge in [-0.05, 0) is 74.2 Å². The summed E-state index contributed by atoms with van der Waals surface area (Å²) in [6.45, 7) is 6.92. The third-order valence-electron chi connectivity index (χ3n) is 4.39. The van der Waals surface area contributed by atoms with Crippen molar-refractivity contribution in [1.82, 2.24) is 9.88 Å². The molecule has 0 bridgehead atoms. The van der Waals surface area contributed by atoms with Gasteiger partial charge < -0.3 is 0 Å². The normalized spacial score (nSPS) is 17.3. The van der Waals surface area contributed by atoms with Gasteiger partial charge in [-0.1, -0.05) is 18.2 Å². The largest absolute Gasteiger partial charge is 0.297 e. The number of rotatable bonds is 3. The molecule has 2 aromatic rings. The summed E-state index contributed by atoms with van der Waals surface area (Å²) in [5.41, 5.74) is 5.24. The van der Waals surface area contributed by atoms with Crippen molar-refractivity contribution in [1.29, 1.82) is 0 Å². The Morgan fingerprint density at radius 1 is 1.15 bits per heavy atom. The van der Waals surface area contributed by atoms with Gasteiger partial charge in [-0.3, -0.25) is 9.88 Å². The minimum absolute atomic E-state index is 0.514. The average molecular weight is 266 g/mol. The van der Waals surface area contributed by atoms with Gasteiger partial charge in [-0.2, -0.15) is 0 Å². The van der Waals surface area contributed by atoms with Crippen LogP contribution in [0.3, 0.4) is 0 Å². The Morgan fingerprint density at radius 2 is 1.95 bits per heavy atom. The van der Waals surface area contributed by atoms with Crippen LogP contribution in [0.5, 0.6) is 0 Å². The fourth-order valence-electron chi connectivity index (χ4n) is 3.10. The molecule has 1 saturated heterocycles. The van der Waals surface area contributed by atoms with Crippen molar-refractivity contribution in [3.63, 3.8) is 0 Å². The monoisotopic (exact) mass is 266 g/mol. The van der Waals surface area contributed by atoms with E-state index in [0.717, 1.165) is 0 Å². The molecule has 2 heterocycles. The van der Waals surface area contributed by atoms with Crippen LogP contribution in [0.2, 0.25) is 0 Å². The summed E-state index contributed by atoms with van der Waals surface area (Å²) >= 11 is 0. The number of hydrogen-bond donors (Lipinski definition) is 0. The molecule has 2 heteroatoms. The highest BCUT2D eigenvalue weighted by molar-refractivity contribution is 5.67. The SMILES string of the molecule is Cc1cnccc1-c1cccc(C(C)N2CCCC2)c1. The summed E-state index contributed by atoms with van der Waals surface area (Å²) in [6.07, 6.45) is 6.49. The van der Waals surface area contributed by atoms with Crippen LogP contribution in [0.4, 0.5) is 0 Å². The number of aryl methyl sites for hydroxylation is 1. The van der Waals surface area contributed by atoms with Crippen LogP contribution in [0.25, 0.3) is 11.1 Å². The maximum atomic E-state index is 4.18. The Morgan fingerprint density at radius 3 is 2.70 bits per heavy atom. The highest BCUT2D eigenvalue weighted by atomic mass is 15.2. The zero-order chi connectivity index (χ0) is 13.9. The van der Waals surface area contributed by atoms with Crippen LogP contribution < -0.4 is 0 Å². The number of aromatic nitrogens is 1. The van der Waals surface area contributed by atoms with Crippen LogP contribution in [-0.2, 0) is 0 Å². The van der Waals surface area contributed by atoms with Gasteiger partial charge in [-0.15, -0.1) is 0 Å². The molecule has 0 radical (unpaired) electrons. The van der Waals surface area contributed by atoms with E-state index in [1.54, 1.807) is 0 Å². The van der Waals surface area contributed by atoms with Gasteiger partial charge in [0, 0.05) is 18.4 Å². The highest BCUT2D eigenvalue weighted by Gasteiger charge is 2.19. The summed E-state index contributed by atoms with van der Waals surface area (Å²) in [5.74, 6) is 0. The third-order valence-corrected chi connectivity index (χ3v) is 4.39. The molecule has 20 heavy (non-hydrogen) atoms. The van der Waals surface area contributed by atoms with Crippen LogP contribution in [-0.4, -0.2) is 23.0 Å². The van der Waals surface area contributed by atoms with Crippen molar-refractivity contribution in [2.24, 2.45) is 0 Å². The lowest BCUT2D eigenvalue weighted by atomic mass is 9.98. The molecule has 3 rings (SSSR count). The van der Waals surface area contributed by atoms with Gasteiger partial charge in [0.1, 0.15) is 0 Å². The highest BCUT2D eigenvalue weighted by Crippen LogP contribution is 2.29. The quantitative estimate of drug-likeness (QED) is 0.827. The maximum Gasteiger partial charge on any atom is 0.0320 e. The summed E-state index contributed by atoms with van der Waals surface area (Å²) in [6, 6.07) is 11.6. The summed E-state index contributed by atoms with van der Waals surface area (Å²) in [7, 11) is 0. The molecule has 104 valence electrons. The first kappa shape index (κ1) is 13.3. The smallest absolute Gasteiger partial charge is 0.0320 e. The summed E-state index contributed by atoms with van der Waals surface area (Å²) in [5, 5.41) is 0. The molecule has 1 aliphatic rings. The van der Waals surface area contributed by atoms with Gasteiger partial charge >= 0.3 is 0 Å². The molecule has 0 N–H and O–H groups in total. The van der Waals surface area contributed by atoms with E-state index in [-0.39, 0.29) is 0 Å². The Labute approximate surface area is 121 Å². The third kappa shape index (κ3) is 2.61. The second-order valence-electron chi connectivity index (χ2n) is 5.74. The topological polar surface area (TPSA) is 16.1 Å². The second-order valence-corrected chi connectivity index (χ2v) is 5.74.